The van der Waals surface area contributed by atoms with Crippen LogP contribution in [0.25, 0.3) is 0 Å². The van der Waals surface area contributed by atoms with Crippen LogP contribution in [0, 0.1) is 6.92 Å². The van der Waals surface area contributed by atoms with Gasteiger partial charge in [0.05, 0.1) is 5.56 Å². The molecule has 0 atom stereocenters. The van der Waals surface area contributed by atoms with Gasteiger partial charge in [-0.3, -0.25) is 0 Å². The Balaban J connectivity index is 2.27. The second-order valence-corrected chi connectivity index (χ2v) is 8.49. The zero-order valence-corrected chi connectivity index (χ0v) is 15.9. The quantitative estimate of drug-likeness (QED) is 0.399. The number of esters is 1. The number of aromatic nitrogens is 2. The summed E-state index contributed by atoms with van der Waals surface area (Å²) in [5, 5.41) is 0. The zero-order chi connectivity index (χ0) is 20.6. The van der Waals surface area contributed by atoms with Crippen LogP contribution in [0.3, 0.4) is 0 Å². The van der Waals surface area contributed by atoms with Crippen molar-refractivity contribution in [3.63, 3.8) is 0 Å². The SMILES string of the molecule is Cc1c(OCC(=O)OC(C)(C)C)nc(C2CC2)nc1OS(=O)(=O)C(F)(F)F. The highest BCUT2D eigenvalue weighted by molar-refractivity contribution is 7.87. The van der Waals surface area contributed by atoms with Crippen LogP contribution >= 0.6 is 0 Å². The number of nitrogens with zero attached hydrogens (tertiary/aromatic N) is 2. The highest BCUT2D eigenvalue weighted by atomic mass is 32.2. The van der Waals surface area contributed by atoms with Crippen LogP contribution in [-0.2, 0) is 19.6 Å². The largest absolute Gasteiger partial charge is 0.534 e. The van der Waals surface area contributed by atoms with E-state index in [1.807, 2.05) is 0 Å². The molecule has 0 bridgehead atoms. The van der Waals surface area contributed by atoms with Crippen LogP contribution < -0.4 is 8.92 Å². The highest BCUT2D eigenvalue weighted by Gasteiger charge is 2.49. The van der Waals surface area contributed by atoms with Crippen LogP contribution in [0.4, 0.5) is 13.2 Å². The van der Waals surface area contributed by atoms with Gasteiger partial charge in [-0.1, -0.05) is 0 Å². The molecule has 0 saturated heterocycles. The van der Waals surface area contributed by atoms with Crippen LogP contribution in [0.1, 0.15) is 50.9 Å². The molecule has 0 unspecified atom stereocenters. The minimum absolute atomic E-state index is 0.0900. The highest BCUT2D eigenvalue weighted by Crippen LogP contribution is 2.41. The summed E-state index contributed by atoms with van der Waals surface area (Å²) in [7, 11) is -5.90. The number of hydrogen-bond donors (Lipinski definition) is 0. The molecular weight excluding hydrogens is 393 g/mol. The van der Waals surface area contributed by atoms with Gasteiger partial charge in [-0.25, -0.2) is 4.79 Å². The Labute approximate surface area is 154 Å². The van der Waals surface area contributed by atoms with Crippen molar-refractivity contribution in [2.24, 2.45) is 0 Å². The molecule has 1 heterocycles. The van der Waals surface area contributed by atoms with Crippen molar-refractivity contribution in [2.75, 3.05) is 6.61 Å². The summed E-state index contributed by atoms with van der Waals surface area (Å²) >= 11 is 0. The topological polar surface area (TPSA) is 105 Å². The smallest absolute Gasteiger partial charge is 0.465 e. The van der Waals surface area contributed by atoms with E-state index in [0.29, 0.717) is 12.8 Å². The molecule has 8 nitrogen and oxygen atoms in total. The average Bonchev–Trinajstić information content (AvgIpc) is 3.29. The van der Waals surface area contributed by atoms with Gasteiger partial charge in [-0.15, -0.1) is 0 Å². The Bertz CT molecular complexity index is 829. The molecular formula is C15H19F3N2O6S. The van der Waals surface area contributed by atoms with Crippen molar-refractivity contribution in [1.82, 2.24) is 9.97 Å². The summed E-state index contributed by atoms with van der Waals surface area (Å²) in [6, 6.07) is 0. The first-order valence-corrected chi connectivity index (χ1v) is 9.34. The fourth-order valence-electron chi connectivity index (χ4n) is 1.89. The average molecular weight is 412 g/mol. The van der Waals surface area contributed by atoms with Crippen LogP contribution in [0.5, 0.6) is 11.8 Å². The van der Waals surface area contributed by atoms with E-state index in [4.69, 9.17) is 9.47 Å². The molecule has 0 N–H and O–H groups in total. The van der Waals surface area contributed by atoms with Gasteiger partial charge in [0.2, 0.25) is 11.8 Å². The number of carbonyl (C=O) groups excluding carboxylic acids is 1. The first-order chi connectivity index (χ1) is 12.2. The summed E-state index contributed by atoms with van der Waals surface area (Å²) in [6.45, 7) is 5.62. The first-order valence-electron chi connectivity index (χ1n) is 7.93. The number of halogens is 3. The van der Waals surface area contributed by atoms with E-state index in [0.717, 1.165) is 0 Å². The van der Waals surface area contributed by atoms with Gasteiger partial charge < -0.3 is 13.7 Å². The Hall–Kier alpha value is -2.11. The van der Waals surface area contributed by atoms with E-state index in [1.165, 1.54) is 6.92 Å². The molecule has 12 heteroatoms. The minimum Gasteiger partial charge on any atom is -0.465 e. The lowest BCUT2D eigenvalue weighted by molar-refractivity contribution is -0.157. The van der Waals surface area contributed by atoms with Gasteiger partial charge in [-0.2, -0.15) is 31.6 Å². The minimum atomic E-state index is -5.90. The molecule has 2 rings (SSSR count). The molecule has 0 amide bonds. The summed E-state index contributed by atoms with van der Waals surface area (Å²) < 4.78 is 74.7. The third kappa shape index (κ3) is 5.68. The number of rotatable bonds is 6. The molecule has 0 spiro atoms. The zero-order valence-electron chi connectivity index (χ0n) is 15.1. The van der Waals surface area contributed by atoms with Crippen molar-refractivity contribution in [1.29, 1.82) is 0 Å². The van der Waals surface area contributed by atoms with Gasteiger partial charge in [0.15, 0.2) is 6.61 Å². The molecule has 1 aliphatic rings. The van der Waals surface area contributed by atoms with Gasteiger partial charge in [-0.05, 0) is 40.5 Å². The van der Waals surface area contributed by atoms with Crippen molar-refractivity contribution < 1.29 is 40.0 Å². The molecule has 1 aromatic rings. The molecule has 1 aliphatic carbocycles. The van der Waals surface area contributed by atoms with Crippen LogP contribution in [0.15, 0.2) is 0 Å². The fraction of sp³-hybridized carbons (Fsp3) is 0.667. The maximum atomic E-state index is 12.6. The van der Waals surface area contributed by atoms with E-state index in [9.17, 15) is 26.4 Å². The van der Waals surface area contributed by atoms with Crippen molar-refractivity contribution >= 4 is 16.1 Å². The predicted molar refractivity (Wildman–Crippen MR) is 85.7 cm³/mol. The third-order valence-corrected chi connectivity index (χ3v) is 4.18. The fourth-order valence-corrected chi connectivity index (χ4v) is 2.35. The lowest BCUT2D eigenvalue weighted by atomic mass is 10.2. The van der Waals surface area contributed by atoms with E-state index in [-0.39, 0.29) is 23.2 Å². The maximum absolute atomic E-state index is 12.6. The lowest BCUT2D eigenvalue weighted by Gasteiger charge is -2.20. The molecule has 0 radical (unpaired) electrons. The number of alkyl halides is 3. The second kappa shape index (κ2) is 7.13. The van der Waals surface area contributed by atoms with Crippen molar-refractivity contribution in [3.8, 4) is 11.8 Å². The van der Waals surface area contributed by atoms with Gasteiger partial charge in [0.25, 0.3) is 0 Å². The molecule has 152 valence electrons. The molecule has 0 aromatic carbocycles. The van der Waals surface area contributed by atoms with Crippen molar-refractivity contribution in [2.45, 2.75) is 57.6 Å². The van der Waals surface area contributed by atoms with Crippen molar-refractivity contribution in [3.05, 3.63) is 11.4 Å². The Morgan fingerprint density at radius 1 is 1.15 bits per heavy atom. The summed E-state index contributed by atoms with van der Waals surface area (Å²) in [5.41, 5.74) is -6.55. The Kier molecular flexibility index (Phi) is 5.60. The molecule has 1 fully saturated rings. The Morgan fingerprint density at radius 2 is 1.70 bits per heavy atom. The second-order valence-electron chi connectivity index (χ2n) is 6.95. The molecule has 0 aliphatic heterocycles. The van der Waals surface area contributed by atoms with E-state index in [1.54, 1.807) is 20.8 Å². The molecule has 1 saturated carbocycles. The van der Waals surface area contributed by atoms with Crippen LogP contribution in [0.2, 0.25) is 0 Å². The number of carbonyl (C=O) groups is 1. The lowest BCUT2D eigenvalue weighted by Crippen LogP contribution is -2.29. The van der Waals surface area contributed by atoms with E-state index < -0.39 is 39.7 Å². The summed E-state index contributed by atoms with van der Waals surface area (Å²) in [6.07, 6.45) is 1.39. The van der Waals surface area contributed by atoms with Gasteiger partial charge in [0, 0.05) is 5.92 Å². The van der Waals surface area contributed by atoms with Gasteiger partial charge in [0.1, 0.15) is 11.4 Å². The monoisotopic (exact) mass is 412 g/mol. The van der Waals surface area contributed by atoms with Crippen LogP contribution in [-0.4, -0.2) is 42.1 Å². The first kappa shape index (κ1) is 21.2. The van der Waals surface area contributed by atoms with E-state index in [2.05, 4.69) is 14.2 Å². The normalized spacial score (nSPS) is 15.4. The van der Waals surface area contributed by atoms with E-state index >= 15 is 0 Å². The number of hydrogen-bond acceptors (Lipinski definition) is 8. The molecule has 27 heavy (non-hydrogen) atoms. The third-order valence-electron chi connectivity index (χ3n) is 3.24. The summed E-state index contributed by atoms with van der Waals surface area (Å²) in [5.74, 6) is -1.80. The molecule has 1 aromatic heterocycles. The maximum Gasteiger partial charge on any atom is 0.534 e. The van der Waals surface area contributed by atoms with Gasteiger partial charge >= 0.3 is 21.6 Å². The number of ether oxygens (including phenoxy) is 2. The summed E-state index contributed by atoms with van der Waals surface area (Å²) in [4.78, 5) is 19.6. The Morgan fingerprint density at radius 3 is 2.19 bits per heavy atom. The predicted octanol–water partition coefficient (Wildman–Crippen LogP) is 2.61. The standard InChI is InChI=1S/C15H19F3N2O6S/c1-8-12(24-7-10(21)25-14(2,3)4)19-11(9-5-6-9)20-13(8)26-27(22,23)15(16,17)18/h9H,5-7H2,1-4H3.